The molecule has 0 bridgehead atoms. The molecule has 32 heavy (non-hydrogen) atoms. The van der Waals surface area contributed by atoms with Crippen molar-refractivity contribution >= 4 is 28.4 Å². The summed E-state index contributed by atoms with van der Waals surface area (Å²) in [6.07, 6.45) is 4.77. The molecule has 1 aromatic carbocycles. The number of halogens is 1. The molecule has 8 heteroatoms. The summed E-state index contributed by atoms with van der Waals surface area (Å²) in [5.41, 5.74) is 2.85. The highest BCUT2D eigenvalue weighted by Crippen LogP contribution is 2.26. The summed E-state index contributed by atoms with van der Waals surface area (Å²) in [7, 11) is 0. The molecule has 5 rings (SSSR count). The Morgan fingerprint density at radius 3 is 2.62 bits per heavy atom. The largest absolute Gasteiger partial charge is 0.368 e. The quantitative estimate of drug-likeness (QED) is 0.512. The number of hydrogen-bond donors (Lipinski definition) is 1. The summed E-state index contributed by atoms with van der Waals surface area (Å²) < 4.78 is 14.5. The van der Waals surface area contributed by atoms with Gasteiger partial charge in [-0.05, 0) is 36.9 Å². The minimum atomic E-state index is -0.478. The molecule has 3 aromatic heterocycles. The minimum absolute atomic E-state index is 0.235. The molecule has 0 radical (unpaired) electrons. The van der Waals surface area contributed by atoms with E-state index in [0.29, 0.717) is 17.3 Å². The smallest absolute Gasteiger partial charge is 0.229 e. The van der Waals surface area contributed by atoms with Crippen molar-refractivity contribution in [3.05, 3.63) is 66.9 Å². The van der Waals surface area contributed by atoms with Gasteiger partial charge in [0.2, 0.25) is 5.95 Å². The first-order chi connectivity index (χ1) is 15.7. The molecule has 1 aliphatic rings. The second kappa shape index (κ2) is 8.84. The molecule has 0 aliphatic carbocycles. The van der Waals surface area contributed by atoms with E-state index in [9.17, 15) is 4.39 Å². The van der Waals surface area contributed by atoms with E-state index >= 15 is 0 Å². The van der Waals surface area contributed by atoms with Gasteiger partial charge in [-0.3, -0.25) is 4.98 Å². The molecule has 1 fully saturated rings. The highest BCUT2D eigenvalue weighted by molar-refractivity contribution is 5.83. The van der Waals surface area contributed by atoms with Crippen LogP contribution in [0.25, 0.3) is 22.2 Å². The highest BCUT2D eigenvalue weighted by atomic mass is 19.1. The zero-order valence-corrected chi connectivity index (χ0v) is 17.9. The Bertz CT molecular complexity index is 1220. The molecule has 4 heterocycles. The lowest BCUT2D eigenvalue weighted by Crippen LogP contribution is -2.46. The fourth-order valence-electron chi connectivity index (χ4n) is 3.94. The molecule has 0 saturated carbocycles. The maximum atomic E-state index is 14.5. The van der Waals surface area contributed by atoms with Gasteiger partial charge in [0, 0.05) is 43.3 Å². The SMILES string of the molecule is CCN1CCN(c2ccc(Nc3ncc(F)c(-c4ccc5ncccc5c4)n3)nc2)CC1. The van der Waals surface area contributed by atoms with E-state index in [4.69, 9.17) is 0 Å². The first-order valence-electron chi connectivity index (χ1n) is 10.8. The predicted octanol–water partition coefficient (Wildman–Crippen LogP) is 4.11. The number of anilines is 3. The molecule has 4 aromatic rings. The number of aromatic nitrogens is 4. The average Bonchev–Trinajstić information content (AvgIpc) is 2.85. The molecular weight excluding hydrogens is 405 g/mol. The second-order valence-electron chi connectivity index (χ2n) is 7.75. The van der Waals surface area contributed by atoms with Crippen LogP contribution in [0.5, 0.6) is 0 Å². The lowest BCUT2D eigenvalue weighted by Gasteiger charge is -2.35. The van der Waals surface area contributed by atoms with Crippen LogP contribution < -0.4 is 10.2 Å². The number of pyridine rings is 2. The van der Waals surface area contributed by atoms with E-state index in [0.717, 1.165) is 49.3 Å². The molecule has 0 spiro atoms. The number of piperazine rings is 1. The van der Waals surface area contributed by atoms with Gasteiger partial charge < -0.3 is 15.1 Å². The lowest BCUT2D eigenvalue weighted by molar-refractivity contribution is 0.271. The lowest BCUT2D eigenvalue weighted by atomic mass is 10.1. The topological polar surface area (TPSA) is 70.1 Å². The zero-order valence-electron chi connectivity index (χ0n) is 17.9. The van der Waals surface area contributed by atoms with Gasteiger partial charge in [0.15, 0.2) is 5.82 Å². The van der Waals surface area contributed by atoms with Gasteiger partial charge in [0.25, 0.3) is 0 Å². The van der Waals surface area contributed by atoms with Crippen molar-refractivity contribution in [1.29, 1.82) is 0 Å². The van der Waals surface area contributed by atoms with Crippen LogP contribution in [0.15, 0.2) is 61.1 Å². The second-order valence-corrected chi connectivity index (χ2v) is 7.75. The molecule has 0 atom stereocenters. The average molecular weight is 430 g/mol. The number of nitrogens with zero attached hydrogens (tertiary/aromatic N) is 6. The minimum Gasteiger partial charge on any atom is -0.368 e. The van der Waals surface area contributed by atoms with Gasteiger partial charge in [-0.25, -0.2) is 19.3 Å². The third-order valence-electron chi connectivity index (χ3n) is 5.79. The molecule has 0 unspecified atom stereocenters. The van der Waals surface area contributed by atoms with Crippen LogP contribution in [0, 0.1) is 5.82 Å². The van der Waals surface area contributed by atoms with Crippen LogP contribution in [-0.2, 0) is 0 Å². The maximum absolute atomic E-state index is 14.5. The van der Waals surface area contributed by atoms with E-state index < -0.39 is 5.82 Å². The normalized spacial score (nSPS) is 14.6. The Morgan fingerprint density at radius 1 is 0.969 bits per heavy atom. The highest BCUT2D eigenvalue weighted by Gasteiger charge is 2.16. The fourth-order valence-corrected chi connectivity index (χ4v) is 3.94. The standard InChI is InChI=1S/C24H24FN7/c1-2-31-10-12-32(13-11-31)19-6-8-22(27-15-19)29-24-28-16-20(25)23(30-24)18-5-7-21-17(14-18)4-3-9-26-21/h3-9,14-16H,2,10-13H2,1H3,(H,27,28,29,30). The van der Waals surface area contributed by atoms with Gasteiger partial charge >= 0.3 is 0 Å². The Balaban J connectivity index is 1.33. The molecule has 1 N–H and O–H groups in total. The van der Waals surface area contributed by atoms with Gasteiger partial charge in [-0.15, -0.1) is 0 Å². The molecule has 7 nitrogen and oxygen atoms in total. The van der Waals surface area contributed by atoms with Crippen LogP contribution in [0.4, 0.5) is 21.8 Å². The van der Waals surface area contributed by atoms with Crippen LogP contribution in [0.1, 0.15) is 6.92 Å². The van der Waals surface area contributed by atoms with Crippen molar-refractivity contribution in [2.75, 3.05) is 42.9 Å². The number of hydrogen-bond acceptors (Lipinski definition) is 7. The summed E-state index contributed by atoms with van der Waals surface area (Å²) in [6, 6.07) is 13.3. The fraction of sp³-hybridized carbons (Fsp3) is 0.250. The van der Waals surface area contributed by atoms with Crippen molar-refractivity contribution in [3.63, 3.8) is 0 Å². The van der Waals surface area contributed by atoms with E-state index in [2.05, 4.69) is 42.0 Å². The molecular formula is C24H24FN7. The Kier molecular flexibility index (Phi) is 5.60. The number of benzene rings is 1. The molecule has 1 saturated heterocycles. The van der Waals surface area contributed by atoms with Gasteiger partial charge in [0.05, 0.1) is 23.6 Å². The molecule has 1 aliphatic heterocycles. The van der Waals surface area contributed by atoms with Gasteiger partial charge in [-0.2, -0.15) is 0 Å². The molecule has 0 amide bonds. The Morgan fingerprint density at radius 2 is 1.84 bits per heavy atom. The number of likely N-dealkylation sites (N-methyl/N-ethyl adjacent to an activating group) is 1. The monoisotopic (exact) mass is 429 g/mol. The number of fused-ring (bicyclic) bond motifs is 1. The third-order valence-corrected chi connectivity index (χ3v) is 5.79. The van der Waals surface area contributed by atoms with E-state index in [-0.39, 0.29) is 5.69 Å². The maximum Gasteiger partial charge on any atom is 0.229 e. The van der Waals surface area contributed by atoms with Crippen molar-refractivity contribution in [2.24, 2.45) is 0 Å². The molecule has 162 valence electrons. The first kappa shape index (κ1) is 20.3. The Hall–Kier alpha value is -3.65. The van der Waals surface area contributed by atoms with Crippen LogP contribution >= 0.6 is 0 Å². The first-order valence-corrected chi connectivity index (χ1v) is 10.8. The van der Waals surface area contributed by atoms with Crippen molar-refractivity contribution in [1.82, 2.24) is 24.8 Å². The van der Waals surface area contributed by atoms with Crippen molar-refractivity contribution in [3.8, 4) is 11.3 Å². The summed E-state index contributed by atoms with van der Waals surface area (Å²) in [6.45, 7) is 7.39. The van der Waals surface area contributed by atoms with E-state index in [1.807, 2.05) is 48.7 Å². The summed E-state index contributed by atoms with van der Waals surface area (Å²) in [5, 5.41) is 4.01. The van der Waals surface area contributed by atoms with Gasteiger partial charge in [-0.1, -0.05) is 19.1 Å². The Labute approximate surface area is 186 Å². The van der Waals surface area contributed by atoms with E-state index in [1.165, 1.54) is 6.20 Å². The van der Waals surface area contributed by atoms with Crippen molar-refractivity contribution < 1.29 is 4.39 Å². The van der Waals surface area contributed by atoms with Gasteiger partial charge in [0.1, 0.15) is 11.5 Å². The summed E-state index contributed by atoms with van der Waals surface area (Å²) >= 11 is 0. The number of rotatable bonds is 5. The summed E-state index contributed by atoms with van der Waals surface area (Å²) in [4.78, 5) is 22.1. The van der Waals surface area contributed by atoms with E-state index in [1.54, 1.807) is 6.20 Å². The van der Waals surface area contributed by atoms with Crippen LogP contribution in [-0.4, -0.2) is 57.6 Å². The van der Waals surface area contributed by atoms with Crippen molar-refractivity contribution in [2.45, 2.75) is 6.92 Å². The van der Waals surface area contributed by atoms with Crippen LogP contribution in [0.3, 0.4) is 0 Å². The zero-order chi connectivity index (χ0) is 21.9. The summed E-state index contributed by atoms with van der Waals surface area (Å²) in [5.74, 6) is 0.430. The third kappa shape index (κ3) is 4.22. The number of nitrogens with one attached hydrogen (secondary N) is 1. The predicted molar refractivity (Wildman–Crippen MR) is 125 cm³/mol. The van der Waals surface area contributed by atoms with Crippen LogP contribution in [0.2, 0.25) is 0 Å².